The highest BCUT2D eigenvalue weighted by molar-refractivity contribution is 5.81. The van der Waals surface area contributed by atoms with E-state index in [4.69, 9.17) is 5.73 Å². The molecule has 23 heavy (non-hydrogen) atoms. The normalized spacial score (nSPS) is 12.3. The number of rotatable bonds is 8. The molecule has 0 aliphatic rings. The number of aryl methyl sites for hydroxylation is 2. The van der Waals surface area contributed by atoms with E-state index in [1.807, 2.05) is 26.1 Å². The lowest BCUT2D eigenvalue weighted by Crippen LogP contribution is -2.43. The quantitative estimate of drug-likeness (QED) is 0.784. The Morgan fingerprint density at radius 1 is 1.30 bits per heavy atom. The van der Waals surface area contributed by atoms with Gasteiger partial charge in [-0.15, -0.1) is 0 Å². The summed E-state index contributed by atoms with van der Waals surface area (Å²) in [5.41, 5.74) is 7.18. The lowest BCUT2D eigenvalue weighted by molar-refractivity contribution is -0.123. The van der Waals surface area contributed by atoms with Crippen molar-refractivity contribution in [3.63, 3.8) is 0 Å². The first kappa shape index (κ1) is 17.2. The molecule has 1 atom stereocenters. The maximum atomic E-state index is 11.9. The minimum absolute atomic E-state index is 0.126. The van der Waals surface area contributed by atoms with Crippen LogP contribution in [0, 0.1) is 5.92 Å². The van der Waals surface area contributed by atoms with Gasteiger partial charge in [-0.3, -0.25) is 4.79 Å². The van der Waals surface area contributed by atoms with E-state index in [2.05, 4.69) is 39.1 Å². The first-order chi connectivity index (χ1) is 11.1. The molecule has 2 rings (SSSR count). The molecule has 0 radical (unpaired) electrons. The number of nitrogens with one attached hydrogen (secondary N) is 1. The van der Waals surface area contributed by atoms with Crippen molar-refractivity contribution in [3.05, 3.63) is 54.1 Å². The Morgan fingerprint density at radius 2 is 2.04 bits per heavy atom. The molecule has 0 spiro atoms. The van der Waals surface area contributed by atoms with Crippen LogP contribution in [0.15, 0.2) is 42.7 Å². The number of hydrogen-bond donors (Lipinski definition) is 2. The Balaban J connectivity index is 1.81. The van der Waals surface area contributed by atoms with E-state index in [-0.39, 0.29) is 11.8 Å². The third kappa shape index (κ3) is 5.21. The van der Waals surface area contributed by atoms with E-state index in [0.717, 1.165) is 25.2 Å². The Labute approximate surface area is 137 Å². The molecule has 0 aliphatic carbocycles. The molecule has 5 nitrogen and oxygen atoms in total. The van der Waals surface area contributed by atoms with Crippen molar-refractivity contribution in [3.8, 4) is 0 Å². The molecule has 0 saturated carbocycles. The highest BCUT2D eigenvalue weighted by atomic mass is 16.2. The summed E-state index contributed by atoms with van der Waals surface area (Å²) in [5, 5.41) is 2.87. The third-order valence-electron chi connectivity index (χ3n) is 3.95. The Kier molecular flexibility index (Phi) is 6.35. The van der Waals surface area contributed by atoms with Crippen molar-refractivity contribution >= 4 is 5.91 Å². The average molecular weight is 314 g/mol. The fourth-order valence-electron chi connectivity index (χ4n) is 2.40. The monoisotopic (exact) mass is 314 g/mol. The summed E-state index contributed by atoms with van der Waals surface area (Å²) in [7, 11) is 0. The molecule has 1 aromatic heterocycles. The van der Waals surface area contributed by atoms with Crippen molar-refractivity contribution in [2.75, 3.05) is 0 Å². The van der Waals surface area contributed by atoms with Gasteiger partial charge in [0.05, 0.1) is 12.6 Å². The molecular formula is C18H26N4O. The van der Waals surface area contributed by atoms with Crippen LogP contribution in [0.5, 0.6) is 0 Å². The van der Waals surface area contributed by atoms with Gasteiger partial charge in [-0.2, -0.15) is 0 Å². The Hall–Kier alpha value is -2.14. The summed E-state index contributed by atoms with van der Waals surface area (Å²) < 4.78 is 2.09. The minimum atomic E-state index is -0.475. The topological polar surface area (TPSA) is 72.9 Å². The van der Waals surface area contributed by atoms with Crippen LogP contribution in [0.3, 0.4) is 0 Å². The molecule has 5 heteroatoms. The molecule has 124 valence electrons. The molecule has 0 aliphatic heterocycles. The fraction of sp³-hybridized carbons (Fsp3) is 0.444. The zero-order valence-electron chi connectivity index (χ0n) is 13.9. The van der Waals surface area contributed by atoms with E-state index in [0.29, 0.717) is 6.54 Å². The van der Waals surface area contributed by atoms with Gasteiger partial charge in [0.25, 0.3) is 0 Å². The molecule has 0 unspecified atom stereocenters. The third-order valence-corrected chi connectivity index (χ3v) is 3.95. The van der Waals surface area contributed by atoms with Gasteiger partial charge in [0.15, 0.2) is 0 Å². The summed E-state index contributed by atoms with van der Waals surface area (Å²) in [6.45, 7) is 5.18. The number of hydrogen-bond acceptors (Lipinski definition) is 3. The van der Waals surface area contributed by atoms with Crippen molar-refractivity contribution in [1.29, 1.82) is 0 Å². The number of imidazole rings is 1. The second-order valence-electron chi connectivity index (χ2n) is 6.11. The van der Waals surface area contributed by atoms with Crippen LogP contribution >= 0.6 is 0 Å². The largest absolute Gasteiger partial charge is 0.348 e. The number of amides is 1. The van der Waals surface area contributed by atoms with Crippen LogP contribution in [0.25, 0.3) is 0 Å². The second kappa shape index (κ2) is 8.48. The molecule has 3 N–H and O–H groups in total. The first-order valence-corrected chi connectivity index (χ1v) is 8.15. The van der Waals surface area contributed by atoms with Gasteiger partial charge in [-0.1, -0.05) is 44.2 Å². The number of benzene rings is 1. The smallest absolute Gasteiger partial charge is 0.237 e. The maximum Gasteiger partial charge on any atom is 0.237 e. The fourth-order valence-corrected chi connectivity index (χ4v) is 2.40. The van der Waals surface area contributed by atoms with Gasteiger partial charge in [-0.25, -0.2) is 4.98 Å². The summed E-state index contributed by atoms with van der Waals surface area (Å²) in [4.78, 5) is 16.2. The second-order valence-corrected chi connectivity index (χ2v) is 6.11. The molecule has 1 aromatic carbocycles. The highest BCUT2D eigenvalue weighted by Crippen LogP contribution is 2.06. The predicted octanol–water partition coefficient (Wildman–Crippen LogP) is 2.12. The number of carbonyl (C=O) groups excluding carboxylic acids is 1. The van der Waals surface area contributed by atoms with Gasteiger partial charge >= 0.3 is 0 Å². The van der Waals surface area contributed by atoms with E-state index >= 15 is 0 Å². The van der Waals surface area contributed by atoms with Gasteiger partial charge in [0, 0.05) is 18.9 Å². The SMILES string of the molecule is CC(C)[C@H](N)C(=O)NCc1nccn1CCCc1ccccc1. The molecule has 1 amide bonds. The van der Waals surface area contributed by atoms with Gasteiger partial charge in [0.1, 0.15) is 5.82 Å². The molecule has 0 saturated heterocycles. The Morgan fingerprint density at radius 3 is 2.74 bits per heavy atom. The zero-order valence-corrected chi connectivity index (χ0v) is 13.9. The van der Waals surface area contributed by atoms with Crippen molar-refractivity contribution < 1.29 is 4.79 Å². The lowest BCUT2D eigenvalue weighted by atomic mass is 10.1. The minimum Gasteiger partial charge on any atom is -0.348 e. The van der Waals surface area contributed by atoms with Crippen LogP contribution < -0.4 is 11.1 Å². The van der Waals surface area contributed by atoms with Gasteiger partial charge in [-0.05, 0) is 24.3 Å². The van der Waals surface area contributed by atoms with Crippen LogP contribution in [-0.2, 0) is 24.3 Å². The van der Waals surface area contributed by atoms with Crippen LogP contribution in [-0.4, -0.2) is 21.5 Å². The van der Waals surface area contributed by atoms with E-state index in [1.165, 1.54) is 5.56 Å². The molecular weight excluding hydrogens is 288 g/mol. The predicted molar refractivity (Wildman–Crippen MR) is 91.7 cm³/mol. The first-order valence-electron chi connectivity index (χ1n) is 8.15. The standard InChI is InChI=1S/C18H26N4O/c1-14(2)17(19)18(23)21-13-16-20-10-12-22(16)11-6-9-15-7-4-3-5-8-15/h3-5,7-8,10,12,14,17H,6,9,11,13,19H2,1-2H3,(H,21,23)/t17-/m0/s1. The zero-order chi connectivity index (χ0) is 16.7. The van der Waals surface area contributed by atoms with E-state index < -0.39 is 6.04 Å². The van der Waals surface area contributed by atoms with Crippen LogP contribution in [0.1, 0.15) is 31.7 Å². The number of aromatic nitrogens is 2. The van der Waals surface area contributed by atoms with Crippen molar-refractivity contribution in [2.45, 2.75) is 45.8 Å². The molecule has 2 aromatic rings. The highest BCUT2D eigenvalue weighted by Gasteiger charge is 2.17. The molecule has 0 fully saturated rings. The number of nitrogens with zero attached hydrogens (tertiary/aromatic N) is 2. The van der Waals surface area contributed by atoms with Gasteiger partial charge in [0.2, 0.25) is 5.91 Å². The summed E-state index contributed by atoms with van der Waals surface area (Å²) in [6, 6.07) is 9.96. The summed E-state index contributed by atoms with van der Waals surface area (Å²) >= 11 is 0. The molecule has 1 heterocycles. The maximum absolute atomic E-state index is 11.9. The molecule has 0 bridgehead atoms. The summed E-state index contributed by atoms with van der Waals surface area (Å²) in [6.07, 6.45) is 5.79. The van der Waals surface area contributed by atoms with Gasteiger partial charge < -0.3 is 15.6 Å². The van der Waals surface area contributed by atoms with E-state index in [1.54, 1.807) is 6.20 Å². The number of nitrogens with two attached hydrogens (primary N) is 1. The average Bonchev–Trinajstić information content (AvgIpc) is 3.00. The van der Waals surface area contributed by atoms with Crippen LogP contribution in [0.4, 0.5) is 0 Å². The van der Waals surface area contributed by atoms with Crippen molar-refractivity contribution in [2.24, 2.45) is 11.7 Å². The van der Waals surface area contributed by atoms with Crippen LogP contribution in [0.2, 0.25) is 0 Å². The van der Waals surface area contributed by atoms with E-state index in [9.17, 15) is 4.79 Å². The lowest BCUT2D eigenvalue weighted by Gasteiger charge is -2.15. The van der Waals surface area contributed by atoms with Crippen molar-refractivity contribution in [1.82, 2.24) is 14.9 Å². The number of carbonyl (C=O) groups is 1. The Bertz CT molecular complexity index is 606. The summed E-state index contributed by atoms with van der Waals surface area (Å²) in [5.74, 6) is 0.863.